The fourth-order valence-corrected chi connectivity index (χ4v) is 4.36. The SMILES string of the molecule is NC(=O)Cn1c(Br)nc2c(Br)c(Br)c(Br)c(Br)c21. The lowest BCUT2D eigenvalue weighted by Crippen LogP contribution is -2.18. The first-order valence-corrected chi connectivity index (χ1v) is 8.47. The molecular weight excluding hydrogens is 566 g/mol. The van der Waals surface area contributed by atoms with Crippen LogP contribution in [0.2, 0.25) is 0 Å². The van der Waals surface area contributed by atoms with Crippen LogP contribution in [0.1, 0.15) is 0 Å². The highest BCUT2D eigenvalue weighted by Crippen LogP contribution is 2.44. The standard InChI is InChI=1S/C9H4Br5N3O/c10-3-4(11)6(13)8-7(5(3)12)16-9(14)17(8)1-2(15)18/h1H2,(H2,15,18). The molecular formula is C9H4Br5N3O. The van der Waals surface area contributed by atoms with Gasteiger partial charge in [-0.05, 0) is 79.6 Å². The van der Waals surface area contributed by atoms with Crippen LogP contribution in [-0.4, -0.2) is 15.5 Å². The topological polar surface area (TPSA) is 60.9 Å². The van der Waals surface area contributed by atoms with E-state index in [0.717, 1.165) is 28.9 Å². The molecule has 2 N–H and O–H groups in total. The molecule has 96 valence electrons. The largest absolute Gasteiger partial charge is 0.368 e. The van der Waals surface area contributed by atoms with Gasteiger partial charge in [0, 0.05) is 8.95 Å². The average molecular weight is 570 g/mol. The molecule has 1 aromatic carbocycles. The molecule has 0 aliphatic rings. The van der Waals surface area contributed by atoms with Crippen molar-refractivity contribution < 1.29 is 4.79 Å². The van der Waals surface area contributed by atoms with Crippen molar-refractivity contribution in [3.63, 3.8) is 0 Å². The molecule has 0 fully saturated rings. The summed E-state index contributed by atoms with van der Waals surface area (Å²) in [5.41, 5.74) is 6.75. The van der Waals surface area contributed by atoms with Crippen molar-refractivity contribution in [3.8, 4) is 0 Å². The lowest BCUT2D eigenvalue weighted by Gasteiger charge is -2.08. The molecule has 9 heteroatoms. The van der Waals surface area contributed by atoms with Gasteiger partial charge in [-0.15, -0.1) is 0 Å². The summed E-state index contributed by atoms with van der Waals surface area (Å²) in [6.07, 6.45) is 0. The third kappa shape index (κ3) is 2.44. The highest BCUT2D eigenvalue weighted by atomic mass is 79.9. The summed E-state index contributed by atoms with van der Waals surface area (Å²) in [7, 11) is 0. The fraction of sp³-hybridized carbons (Fsp3) is 0.111. The van der Waals surface area contributed by atoms with Gasteiger partial charge in [-0.3, -0.25) is 4.79 Å². The Bertz CT molecular complexity index is 666. The maximum absolute atomic E-state index is 11.1. The monoisotopic (exact) mass is 565 g/mol. The lowest BCUT2D eigenvalue weighted by molar-refractivity contribution is -0.118. The molecule has 18 heavy (non-hydrogen) atoms. The van der Waals surface area contributed by atoms with Crippen LogP contribution in [0.3, 0.4) is 0 Å². The third-order valence-corrected chi connectivity index (χ3v) is 7.56. The number of imidazole rings is 1. The summed E-state index contributed by atoms with van der Waals surface area (Å²) in [4.78, 5) is 15.5. The van der Waals surface area contributed by atoms with E-state index in [4.69, 9.17) is 5.73 Å². The number of benzene rings is 1. The number of hydrogen-bond acceptors (Lipinski definition) is 2. The Kier molecular flexibility index (Phi) is 4.58. The molecule has 0 unspecified atom stereocenters. The van der Waals surface area contributed by atoms with Gasteiger partial charge in [-0.25, -0.2) is 4.98 Å². The van der Waals surface area contributed by atoms with Crippen molar-refractivity contribution in [1.29, 1.82) is 0 Å². The molecule has 0 radical (unpaired) electrons. The number of hydrogen-bond donors (Lipinski definition) is 1. The van der Waals surface area contributed by atoms with Crippen LogP contribution in [0, 0.1) is 0 Å². The van der Waals surface area contributed by atoms with E-state index in [2.05, 4.69) is 84.6 Å². The number of nitrogens with zero attached hydrogens (tertiary/aromatic N) is 2. The van der Waals surface area contributed by atoms with Crippen LogP contribution in [0.4, 0.5) is 0 Å². The van der Waals surface area contributed by atoms with Gasteiger partial charge >= 0.3 is 0 Å². The maximum atomic E-state index is 11.1. The van der Waals surface area contributed by atoms with E-state index in [-0.39, 0.29) is 6.54 Å². The highest BCUT2D eigenvalue weighted by molar-refractivity contribution is 9.15. The summed E-state index contributed by atoms with van der Waals surface area (Å²) in [5, 5.41) is 0. The summed E-state index contributed by atoms with van der Waals surface area (Å²) in [6.45, 7) is 0.0518. The smallest absolute Gasteiger partial charge is 0.237 e. The highest BCUT2D eigenvalue weighted by Gasteiger charge is 2.21. The first-order chi connectivity index (χ1) is 8.34. The molecule has 1 heterocycles. The second-order valence-electron chi connectivity index (χ2n) is 3.39. The van der Waals surface area contributed by atoms with Gasteiger partial charge in [0.25, 0.3) is 0 Å². The number of rotatable bonds is 2. The molecule has 4 nitrogen and oxygen atoms in total. The Hall–Kier alpha value is 0.560. The summed E-state index contributed by atoms with van der Waals surface area (Å²) in [6, 6.07) is 0. The number of halogens is 5. The third-order valence-electron chi connectivity index (χ3n) is 2.23. The Labute approximate surface area is 144 Å². The van der Waals surface area contributed by atoms with E-state index in [0.29, 0.717) is 4.73 Å². The molecule has 0 saturated heterocycles. The summed E-state index contributed by atoms with van der Waals surface area (Å²) < 4.78 is 5.52. The molecule has 2 aromatic rings. The van der Waals surface area contributed by atoms with Crippen molar-refractivity contribution in [2.75, 3.05) is 0 Å². The van der Waals surface area contributed by atoms with Crippen molar-refractivity contribution in [3.05, 3.63) is 22.6 Å². The fourth-order valence-electron chi connectivity index (χ4n) is 1.50. The van der Waals surface area contributed by atoms with Gasteiger partial charge in [0.1, 0.15) is 12.1 Å². The average Bonchev–Trinajstić information content (AvgIpc) is 2.61. The van der Waals surface area contributed by atoms with E-state index >= 15 is 0 Å². The second-order valence-corrected chi connectivity index (χ2v) is 7.27. The molecule has 0 aliphatic carbocycles. The van der Waals surface area contributed by atoms with Crippen LogP contribution in [0.5, 0.6) is 0 Å². The zero-order valence-electron chi connectivity index (χ0n) is 8.48. The van der Waals surface area contributed by atoms with Gasteiger partial charge in [-0.2, -0.15) is 0 Å². The minimum absolute atomic E-state index is 0.0518. The van der Waals surface area contributed by atoms with E-state index in [9.17, 15) is 4.79 Å². The Morgan fingerprint density at radius 3 is 2.17 bits per heavy atom. The molecule has 0 atom stereocenters. The van der Waals surface area contributed by atoms with Crippen molar-refractivity contribution in [2.24, 2.45) is 5.73 Å². The molecule has 1 amide bonds. The number of nitrogens with two attached hydrogens (primary N) is 1. The Morgan fingerprint density at radius 1 is 1.06 bits per heavy atom. The number of aromatic nitrogens is 2. The number of carbonyl (C=O) groups is 1. The minimum Gasteiger partial charge on any atom is -0.368 e. The molecule has 0 bridgehead atoms. The quantitative estimate of drug-likeness (QED) is 0.433. The zero-order chi connectivity index (χ0) is 13.6. The predicted octanol–water partition coefficient (Wildman–Crippen LogP) is 4.33. The van der Waals surface area contributed by atoms with Gasteiger partial charge in [-0.1, -0.05) is 0 Å². The first-order valence-electron chi connectivity index (χ1n) is 4.50. The molecule has 1 aromatic heterocycles. The molecule has 0 saturated carbocycles. The van der Waals surface area contributed by atoms with Crippen LogP contribution in [-0.2, 0) is 11.3 Å². The second kappa shape index (κ2) is 5.51. The summed E-state index contributed by atoms with van der Waals surface area (Å²) >= 11 is 17.2. The van der Waals surface area contributed by atoms with E-state index in [1.165, 1.54) is 0 Å². The summed E-state index contributed by atoms with van der Waals surface area (Å²) in [5.74, 6) is -0.433. The predicted molar refractivity (Wildman–Crippen MR) is 87.4 cm³/mol. The van der Waals surface area contributed by atoms with E-state index < -0.39 is 5.91 Å². The van der Waals surface area contributed by atoms with Gasteiger partial charge in [0.15, 0.2) is 4.73 Å². The molecule has 0 aliphatic heterocycles. The van der Waals surface area contributed by atoms with Crippen molar-refractivity contribution in [1.82, 2.24) is 9.55 Å². The van der Waals surface area contributed by atoms with Crippen LogP contribution in [0.15, 0.2) is 22.6 Å². The normalized spacial score (nSPS) is 11.2. The zero-order valence-corrected chi connectivity index (χ0v) is 16.4. The Morgan fingerprint density at radius 2 is 1.61 bits per heavy atom. The van der Waals surface area contributed by atoms with Gasteiger partial charge < -0.3 is 10.3 Å². The van der Waals surface area contributed by atoms with Crippen molar-refractivity contribution in [2.45, 2.75) is 6.54 Å². The van der Waals surface area contributed by atoms with E-state index in [1.807, 2.05) is 0 Å². The molecule has 2 rings (SSSR count). The number of primary amides is 1. The minimum atomic E-state index is -0.433. The lowest BCUT2D eigenvalue weighted by atomic mass is 10.3. The Balaban J connectivity index is 2.89. The number of amides is 1. The van der Waals surface area contributed by atoms with Crippen molar-refractivity contribution >= 4 is 96.6 Å². The van der Waals surface area contributed by atoms with Gasteiger partial charge in [0.2, 0.25) is 5.91 Å². The van der Waals surface area contributed by atoms with Gasteiger partial charge in [0.05, 0.1) is 14.5 Å². The van der Waals surface area contributed by atoms with Crippen LogP contribution < -0.4 is 5.73 Å². The van der Waals surface area contributed by atoms with Crippen LogP contribution in [0.25, 0.3) is 11.0 Å². The maximum Gasteiger partial charge on any atom is 0.237 e. The van der Waals surface area contributed by atoms with Crippen LogP contribution >= 0.6 is 79.6 Å². The van der Waals surface area contributed by atoms with E-state index in [1.54, 1.807) is 4.57 Å². The molecule has 0 spiro atoms. The number of fused-ring (bicyclic) bond motifs is 1. The first kappa shape index (κ1) is 15.0. The number of carbonyl (C=O) groups excluding carboxylic acids is 1.